The monoisotopic (exact) mass is 458 g/mol. The molecule has 0 bridgehead atoms. The van der Waals surface area contributed by atoms with E-state index >= 15 is 0 Å². The number of methoxy groups -OCH3 is 1. The van der Waals surface area contributed by atoms with Gasteiger partial charge in [0.2, 0.25) is 0 Å². The zero-order valence-electron chi connectivity index (χ0n) is 19.2. The Hall–Kier alpha value is -4.13. The molecule has 3 amide bonds. The number of rotatable bonds is 9. The second-order valence-corrected chi connectivity index (χ2v) is 7.98. The van der Waals surface area contributed by atoms with E-state index in [1.54, 1.807) is 38.4 Å². The predicted octanol–water partition coefficient (Wildman–Crippen LogP) is 3.68. The molecule has 1 aliphatic heterocycles. The number of hydrogen-bond donors (Lipinski definition) is 0. The molecule has 0 saturated heterocycles. The molecule has 7 nitrogen and oxygen atoms in total. The molecule has 34 heavy (non-hydrogen) atoms. The van der Waals surface area contributed by atoms with Crippen molar-refractivity contribution in [2.45, 2.75) is 6.42 Å². The van der Waals surface area contributed by atoms with Gasteiger partial charge < -0.3 is 14.4 Å². The number of likely N-dealkylation sites (N-methyl/N-ethyl adjacent to an activating group) is 1. The summed E-state index contributed by atoms with van der Waals surface area (Å²) in [5.41, 5.74) is 2.00. The molecule has 3 aromatic rings. The maximum absolute atomic E-state index is 12.9. The van der Waals surface area contributed by atoms with Gasteiger partial charge in [0.15, 0.2) is 11.5 Å². The molecule has 0 unspecified atom stereocenters. The van der Waals surface area contributed by atoms with Crippen LogP contribution in [0.25, 0.3) is 0 Å². The highest BCUT2D eigenvalue weighted by Crippen LogP contribution is 2.26. The topological polar surface area (TPSA) is 76.2 Å². The fourth-order valence-electron chi connectivity index (χ4n) is 3.86. The van der Waals surface area contributed by atoms with E-state index in [-0.39, 0.29) is 29.9 Å². The minimum atomic E-state index is -0.368. The first-order chi connectivity index (χ1) is 16.5. The predicted molar refractivity (Wildman–Crippen MR) is 127 cm³/mol. The van der Waals surface area contributed by atoms with Gasteiger partial charge in [-0.25, -0.2) is 0 Å². The molecular weight excluding hydrogens is 432 g/mol. The van der Waals surface area contributed by atoms with Gasteiger partial charge in [-0.05, 0) is 42.3 Å². The van der Waals surface area contributed by atoms with Crippen LogP contribution in [0.4, 0.5) is 0 Å². The zero-order valence-corrected chi connectivity index (χ0v) is 19.2. The van der Waals surface area contributed by atoms with Crippen molar-refractivity contribution >= 4 is 17.7 Å². The van der Waals surface area contributed by atoms with Crippen LogP contribution in [-0.2, 0) is 6.42 Å². The van der Waals surface area contributed by atoms with E-state index < -0.39 is 0 Å². The fourth-order valence-corrected chi connectivity index (χ4v) is 3.86. The molecule has 1 heterocycles. The Morgan fingerprint density at radius 1 is 0.882 bits per heavy atom. The van der Waals surface area contributed by atoms with Crippen molar-refractivity contribution in [2.24, 2.45) is 0 Å². The molecule has 0 atom stereocenters. The first-order valence-electron chi connectivity index (χ1n) is 11.0. The second-order valence-electron chi connectivity index (χ2n) is 7.98. The van der Waals surface area contributed by atoms with E-state index in [4.69, 9.17) is 9.47 Å². The van der Waals surface area contributed by atoms with Gasteiger partial charge in [0.1, 0.15) is 6.61 Å². The van der Waals surface area contributed by atoms with Gasteiger partial charge in [0, 0.05) is 19.2 Å². The molecule has 3 aromatic carbocycles. The number of carbonyl (C=O) groups is 3. The van der Waals surface area contributed by atoms with E-state index in [0.29, 0.717) is 42.1 Å². The Bertz CT molecular complexity index is 1210. The Balaban J connectivity index is 1.38. The fraction of sp³-hybridized carbons (Fsp3) is 0.222. The van der Waals surface area contributed by atoms with Crippen LogP contribution in [-0.4, -0.2) is 61.4 Å². The van der Waals surface area contributed by atoms with Crippen molar-refractivity contribution < 1.29 is 23.9 Å². The summed E-state index contributed by atoms with van der Waals surface area (Å²) >= 11 is 0. The first-order valence-corrected chi connectivity index (χ1v) is 11.0. The van der Waals surface area contributed by atoms with Crippen molar-refractivity contribution in [3.63, 3.8) is 0 Å². The Labute approximate surface area is 198 Å². The maximum Gasteiger partial charge on any atom is 0.261 e. The molecule has 4 rings (SSSR count). The number of carbonyl (C=O) groups excluding carboxylic acids is 3. The van der Waals surface area contributed by atoms with Crippen LogP contribution in [0.2, 0.25) is 0 Å². The molecule has 174 valence electrons. The Kier molecular flexibility index (Phi) is 6.92. The standard InChI is InChI=1S/C27H26N2O5/c1-28(16-17-34-24-11-7-6-10-23(24)33-2)25(30)20-12-13-21-22(18-20)27(32)29(26(21)31)15-14-19-8-4-3-5-9-19/h3-13,18H,14-17H2,1-2H3. The minimum Gasteiger partial charge on any atom is -0.493 e. The van der Waals surface area contributed by atoms with Crippen LogP contribution < -0.4 is 9.47 Å². The Morgan fingerprint density at radius 2 is 1.56 bits per heavy atom. The molecule has 0 aromatic heterocycles. The third kappa shape index (κ3) is 4.78. The number of imide groups is 1. The van der Waals surface area contributed by atoms with E-state index in [9.17, 15) is 14.4 Å². The summed E-state index contributed by atoms with van der Waals surface area (Å²) in [7, 11) is 3.24. The van der Waals surface area contributed by atoms with Crippen molar-refractivity contribution in [1.82, 2.24) is 9.80 Å². The summed E-state index contributed by atoms with van der Waals surface area (Å²) < 4.78 is 11.0. The van der Waals surface area contributed by atoms with Crippen LogP contribution in [0.3, 0.4) is 0 Å². The lowest BCUT2D eigenvalue weighted by Crippen LogP contribution is -2.32. The molecule has 0 saturated carbocycles. The number of nitrogens with zero attached hydrogens (tertiary/aromatic N) is 2. The lowest BCUT2D eigenvalue weighted by molar-refractivity contribution is 0.0655. The third-order valence-electron chi connectivity index (χ3n) is 5.78. The van der Waals surface area contributed by atoms with Crippen molar-refractivity contribution in [3.05, 3.63) is 95.1 Å². The summed E-state index contributed by atoms with van der Waals surface area (Å²) in [6.45, 7) is 0.905. The largest absolute Gasteiger partial charge is 0.493 e. The van der Waals surface area contributed by atoms with Crippen LogP contribution in [0.15, 0.2) is 72.8 Å². The highest BCUT2D eigenvalue weighted by molar-refractivity contribution is 6.22. The smallest absolute Gasteiger partial charge is 0.261 e. The second kappa shape index (κ2) is 10.2. The quantitative estimate of drug-likeness (QED) is 0.457. The summed E-state index contributed by atoms with van der Waals surface area (Å²) in [6.07, 6.45) is 0.576. The highest BCUT2D eigenvalue weighted by Gasteiger charge is 2.35. The van der Waals surface area contributed by atoms with Crippen molar-refractivity contribution in [3.8, 4) is 11.5 Å². The molecule has 0 aliphatic carbocycles. The summed E-state index contributed by atoms with van der Waals surface area (Å²) in [5.74, 6) is 0.272. The molecule has 0 N–H and O–H groups in total. The van der Waals surface area contributed by atoms with Crippen molar-refractivity contribution in [2.75, 3.05) is 33.9 Å². The van der Waals surface area contributed by atoms with Crippen LogP contribution in [0.5, 0.6) is 11.5 Å². The lowest BCUT2D eigenvalue weighted by atomic mass is 10.1. The van der Waals surface area contributed by atoms with E-state index in [1.807, 2.05) is 42.5 Å². The van der Waals surface area contributed by atoms with Gasteiger partial charge in [-0.2, -0.15) is 0 Å². The van der Waals surface area contributed by atoms with Crippen LogP contribution in [0.1, 0.15) is 36.6 Å². The van der Waals surface area contributed by atoms with E-state index in [2.05, 4.69) is 0 Å². The third-order valence-corrected chi connectivity index (χ3v) is 5.78. The number of fused-ring (bicyclic) bond motifs is 1. The van der Waals surface area contributed by atoms with E-state index in [1.165, 1.54) is 15.9 Å². The number of amides is 3. The highest BCUT2D eigenvalue weighted by atomic mass is 16.5. The van der Waals surface area contributed by atoms with Gasteiger partial charge >= 0.3 is 0 Å². The summed E-state index contributed by atoms with van der Waals surface area (Å²) in [6, 6.07) is 21.6. The molecule has 0 fully saturated rings. The SMILES string of the molecule is COc1ccccc1OCCN(C)C(=O)c1ccc2c(c1)C(=O)N(CCc1ccccc1)C2=O. The molecular formula is C27H26N2O5. The number of hydrogen-bond acceptors (Lipinski definition) is 5. The van der Waals surface area contributed by atoms with Gasteiger partial charge in [-0.1, -0.05) is 42.5 Å². The van der Waals surface area contributed by atoms with Crippen LogP contribution in [0, 0.1) is 0 Å². The molecule has 0 spiro atoms. The van der Waals surface area contributed by atoms with E-state index in [0.717, 1.165) is 5.56 Å². The molecule has 7 heteroatoms. The maximum atomic E-state index is 12.9. The number of ether oxygens (including phenoxy) is 2. The lowest BCUT2D eigenvalue weighted by Gasteiger charge is -2.18. The Morgan fingerprint density at radius 3 is 2.29 bits per heavy atom. The zero-order chi connectivity index (χ0) is 24.1. The summed E-state index contributed by atoms with van der Waals surface area (Å²) in [4.78, 5) is 41.4. The van der Waals surface area contributed by atoms with Gasteiger partial charge in [0.25, 0.3) is 17.7 Å². The number of benzene rings is 3. The van der Waals surface area contributed by atoms with Crippen LogP contribution >= 0.6 is 0 Å². The normalized spacial score (nSPS) is 12.5. The minimum absolute atomic E-state index is 0.255. The van der Waals surface area contributed by atoms with Gasteiger partial charge in [-0.15, -0.1) is 0 Å². The average Bonchev–Trinajstić information content (AvgIpc) is 3.11. The van der Waals surface area contributed by atoms with Crippen molar-refractivity contribution in [1.29, 1.82) is 0 Å². The average molecular weight is 459 g/mol. The van der Waals surface area contributed by atoms with Gasteiger partial charge in [-0.3, -0.25) is 19.3 Å². The summed E-state index contributed by atoms with van der Waals surface area (Å²) in [5, 5.41) is 0. The molecule has 0 radical (unpaired) electrons. The van der Waals surface area contributed by atoms with Gasteiger partial charge in [0.05, 0.1) is 24.8 Å². The first kappa shape index (κ1) is 23.0. The number of para-hydroxylation sites is 2. The molecule has 1 aliphatic rings.